The quantitative estimate of drug-likeness (QED) is 0.258. The van der Waals surface area contributed by atoms with Crippen LogP contribution in [0.15, 0.2) is 65.3 Å². The fourth-order valence-electron chi connectivity index (χ4n) is 2.71. The Hall–Kier alpha value is -3.99. The molecule has 32 heavy (non-hydrogen) atoms. The van der Waals surface area contributed by atoms with E-state index >= 15 is 0 Å². The Bertz CT molecular complexity index is 1290. The molecule has 162 valence electrons. The van der Waals surface area contributed by atoms with E-state index in [1.54, 1.807) is 0 Å². The minimum absolute atomic E-state index is 0.0735. The van der Waals surface area contributed by atoms with E-state index in [0.717, 1.165) is 12.1 Å². The van der Waals surface area contributed by atoms with Crippen molar-refractivity contribution in [3.05, 3.63) is 81.6 Å². The molecule has 12 heteroatoms. The average Bonchev–Trinajstić information content (AvgIpc) is 3.23. The summed E-state index contributed by atoms with van der Waals surface area (Å²) < 4.78 is 49.6. The fourth-order valence-corrected chi connectivity index (χ4v) is 2.88. The van der Waals surface area contributed by atoms with E-state index in [1.807, 2.05) is 0 Å². The van der Waals surface area contributed by atoms with Crippen molar-refractivity contribution in [1.82, 2.24) is 15.2 Å². The van der Waals surface area contributed by atoms with Gasteiger partial charge in [0.25, 0.3) is 11.6 Å². The maximum absolute atomic E-state index is 12.8. The summed E-state index contributed by atoms with van der Waals surface area (Å²) >= 11 is 5.90. The van der Waals surface area contributed by atoms with Crippen molar-refractivity contribution >= 4 is 17.3 Å². The van der Waals surface area contributed by atoms with Crippen molar-refractivity contribution in [2.45, 2.75) is 6.18 Å². The molecule has 0 bridgehead atoms. The van der Waals surface area contributed by atoms with E-state index in [2.05, 4.69) is 15.2 Å². The molecule has 4 rings (SSSR count). The lowest BCUT2D eigenvalue weighted by Crippen LogP contribution is -2.03. The summed E-state index contributed by atoms with van der Waals surface area (Å²) in [6, 6.07) is 9.37. The summed E-state index contributed by atoms with van der Waals surface area (Å²) in [6.45, 7) is 0. The molecule has 0 amide bonds. The number of nitro benzene ring substituents is 1. The lowest BCUT2D eigenvalue weighted by Gasteiger charge is -2.09. The molecule has 0 N–H and O–H groups in total. The van der Waals surface area contributed by atoms with Crippen molar-refractivity contribution in [2.75, 3.05) is 0 Å². The maximum Gasteiger partial charge on any atom is 0.416 e. The largest absolute Gasteiger partial charge is 0.455 e. The van der Waals surface area contributed by atoms with Crippen molar-refractivity contribution in [1.29, 1.82) is 0 Å². The summed E-state index contributed by atoms with van der Waals surface area (Å²) in [5.74, 6) is 0.196. The van der Waals surface area contributed by atoms with Crippen LogP contribution in [0.1, 0.15) is 5.56 Å². The number of hydrogen-bond acceptors (Lipinski definition) is 7. The second-order valence-electron chi connectivity index (χ2n) is 6.37. The zero-order valence-electron chi connectivity index (χ0n) is 15.7. The highest BCUT2D eigenvalue weighted by atomic mass is 35.5. The predicted octanol–water partition coefficient (Wildman–Crippen LogP) is 6.17. The number of hydrogen-bond donors (Lipinski definition) is 0. The number of halogens is 4. The molecule has 0 spiro atoms. The number of aromatic nitrogens is 3. The van der Waals surface area contributed by atoms with E-state index in [1.165, 1.54) is 48.8 Å². The molecule has 0 radical (unpaired) electrons. The molecule has 0 aliphatic carbocycles. The lowest BCUT2D eigenvalue weighted by atomic mass is 10.1. The molecule has 8 nitrogen and oxygen atoms in total. The summed E-state index contributed by atoms with van der Waals surface area (Å²) in [6.07, 6.45) is -1.69. The number of ether oxygens (including phenoxy) is 1. The Kier molecular flexibility index (Phi) is 5.49. The van der Waals surface area contributed by atoms with Gasteiger partial charge in [-0.1, -0.05) is 11.6 Å². The van der Waals surface area contributed by atoms with Crippen LogP contribution in [0.4, 0.5) is 18.9 Å². The summed E-state index contributed by atoms with van der Waals surface area (Å²) in [4.78, 5) is 14.5. The van der Waals surface area contributed by atoms with E-state index in [9.17, 15) is 23.3 Å². The van der Waals surface area contributed by atoms with Gasteiger partial charge in [-0.15, -0.1) is 10.2 Å². The molecule has 0 atom stereocenters. The number of alkyl halides is 3. The van der Waals surface area contributed by atoms with Crippen LogP contribution in [-0.2, 0) is 6.18 Å². The zero-order valence-corrected chi connectivity index (χ0v) is 16.5. The van der Waals surface area contributed by atoms with Gasteiger partial charge in [-0.2, -0.15) is 13.2 Å². The molecule has 2 aromatic heterocycles. The van der Waals surface area contributed by atoms with E-state index in [4.69, 9.17) is 20.8 Å². The van der Waals surface area contributed by atoms with Crippen LogP contribution in [0.3, 0.4) is 0 Å². The van der Waals surface area contributed by atoms with Crippen molar-refractivity contribution in [3.8, 4) is 34.4 Å². The van der Waals surface area contributed by atoms with Crippen molar-refractivity contribution < 1.29 is 27.2 Å². The summed E-state index contributed by atoms with van der Waals surface area (Å²) in [5, 5.41) is 19.2. The predicted molar refractivity (Wildman–Crippen MR) is 106 cm³/mol. The fraction of sp³-hybridized carbons (Fsp3) is 0.0500. The molecular weight excluding hydrogens is 453 g/mol. The first-order chi connectivity index (χ1) is 15.2. The molecule has 2 aromatic carbocycles. The van der Waals surface area contributed by atoms with Gasteiger partial charge in [-0.05, 0) is 30.3 Å². The van der Waals surface area contributed by atoms with Gasteiger partial charge < -0.3 is 9.15 Å². The van der Waals surface area contributed by atoms with Crippen LogP contribution >= 0.6 is 11.6 Å². The Balaban J connectivity index is 1.71. The van der Waals surface area contributed by atoms with Gasteiger partial charge in [0.1, 0.15) is 11.5 Å². The van der Waals surface area contributed by atoms with Gasteiger partial charge in [-0.3, -0.25) is 15.1 Å². The molecule has 0 saturated carbocycles. The molecule has 0 aliphatic rings. The van der Waals surface area contributed by atoms with Gasteiger partial charge >= 0.3 is 6.18 Å². The molecule has 2 heterocycles. The molecule has 0 aliphatic heterocycles. The topological polar surface area (TPSA) is 104 Å². The number of non-ortho nitro benzene ring substituents is 1. The Morgan fingerprint density at radius 1 is 1.00 bits per heavy atom. The Morgan fingerprint density at radius 2 is 1.72 bits per heavy atom. The number of nitrogens with zero attached hydrogens (tertiary/aromatic N) is 4. The molecular formula is C20H10ClF3N4O4. The minimum Gasteiger partial charge on any atom is -0.455 e. The first-order valence-electron chi connectivity index (χ1n) is 8.79. The Morgan fingerprint density at radius 3 is 2.38 bits per heavy atom. The molecule has 4 aromatic rings. The highest BCUT2D eigenvalue weighted by Crippen LogP contribution is 2.37. The summed E-state index contributed by atoms with van der Waals surface area (Å²) in [5.41, 5.74) is -0.745. The smallest absolute Gasteiger partial charge is 0.416 e. The van der Waals surface area contributed by atoms with E-state index < -0.39 is 16.7 Å². The van der Waals surface area contributed by atoms with E-state index in [-0.39, 0.29) is 40.1 Å². The lowest BCUT2D eigenvalue weighted by molar-refractivity contribution is -0.384. The van der Waals surface area contributed by atoms with E-state index in [0.29, 0.717) is 5.02 Å². The highest BCUT2D eigenvalue weighted by Gasteiger charge is 2.30. The van der Waals surface area contributed by atoms with Crippen LogP contribution in [0.25, 0.3) is 22.9 Å². The number of rotatable bonds is 5. The van der Waals surface area contributed by atoms with Crippen LogP contribution in [-0.4, -0.2) is 20.1 Å². The third kappa shape index (κ3) is 4.52. The molecule has 0 fully saturated rings. The summed E-state index contributed by atoms with van der Waals surface area (Å²) in [7, 11) is 0. The van der Waals surface area contributed by atoms with Gasteiger partial charge in [0, 0.05) is 30.0 Å². The molecule has 0 saturated heterocycles. The number of nitro groups is 1. The standard InChI is InChI=1S/C20H10ClF3N4O4/c21-13-7-15(10-25-9-13)31-17-6-5-14(28(29)30)8-16(17)19-27-26-18(32-19)11-1-3-12(4-2-11)20(22,23)24/h1-10H. The van der Waals surface area contributed by atoms with Gasteiger partial charge in [-0.25, -0.2) is 0 Å². The normalized spacial score (nSPS) is 11.4. The maximum atomic E-state index is 12.8. The first-order valence-corrected chi connectivity index (χ1v) is 9.17. The van der Waals surface area contributed by atoms with Crippen molar-refractivity contribution in [3.63, 3.8) is 0 Å². The van der Waals surface area contributed by atoms with Crippen LogP contribution in [0.2, 0.25) is 5.02 Å². The SMILES string of the molecule is O=[N+]([O-])c1ccc(Oc2cncc(Cl)c2)c(-c2nnc(-c3ccc(C(F)(F)F)cc3)o2)c1. The van der Waals surface area contributed by atoms with Crippen LogP contribution < -0.4 is 4.74 Å². The zero-order chi connectivity index (χ0) is 22.9. The second-order valence-corrected chi connectivity index (χ2v) is 6.80. The van der Waals surface area contributed by atoms with Crippen LogP contribution in [0, 0.1) is 10.1 Å². The van der Waals surface area contributed by atoms with Gasteiger partial charge in [0.05, 0.1) is 27.3 Å². The monoisotopic (exact) mass is 462 g/mol. The number of benzene rings is 2. The first kappa shape index (κ1) is 21.2. The number of pyridine rings is 1. The average molecular weight is 463 g/mol. The highest BCUT2D eigenvalue weighted by molar-refractivity contribution is 6.30. The second kappa shape index (κ2) is 8.27. The Labute approximate surface area is 182 Å². The molecule has 0 unspecified atom stereocenters. The van der Waals surface area contributed by atoms with Gasteiger partial charge in [0.2, 0.25) is 5.89 Å². The minimum atomic E-state index is -4.48. The third-order valence-electron chi connectivity index (χ3n) is 4.20. The van der Waals surface area contributed by atoms with Crippen molar-refractivity contribution in [2.24, 2.45) is 0 Å². The van der Waals surface area contributed by atoms with Crippen LogP contribution in [0.5, 0.6) is 11.5 Å². The van der Waals surface area contributed by atoms with Gasteiger partial charge in [0.15, 0.2) is 0 Å². The third-order valence-corrected chi connectivity index (χ3v) is 4.40.